The van der Waals surface area contributed by atoms with Gasteiger partial charge in [0.05, 0.1) is 25.4 Å². The SMILES string of the molecule is C[C@@H]1[C@@H](O)[C@H](OC(=O)C=Cc2ccccc2)[C@]2(C)[C@H](C(=O)CC[C@]23CO3)[C@@]1(C)[C@@H]1C[C@@]2(O)CCO[C@H]2O1. The number of hydrogen-bond donors (Lipinski definition) is 2. The monoisotopic (exact) mass is 512 g/mol. The van der Waals surface area contributed by atoms with Crippen LogP contribution >= 0.6 is 0 Å². The smallest absolute Gasteiger partial charge is 0.331 e. The third-order valence-electron chi connectivity index (χ3n) is 10.4. The zero-order valence-electron chi connectivity index (χ0n) is 21.6. The summed E-state index contributed by atoms with van der Waals surface area (Å²) in [5.41, 5.74) is -2.72. The zero-order chi connectivity index (χ0) is 26.2. The normalized spacial score (nSPS) is 48.7. The van der Waals surface area contributed by atoms with Crippen LogP contribution in [0.3, 0.4) is 0 Å². The minimum atomic E-state index is -1.11. The molecule has 8 heteroatoms. The Morgan fingerprint density at radius 2 is 1.92 bits per heavy atom. The van der Waals surface area contributed by atoms with Crippen molar-refractivity contribution < 1.29 is 38.7 Å². The van der Waals surface area contributed by atoms with Crippen LogP contribution in [0, 0.1) is 22.7 Å². The lowest BCUT2D eigenvalue weighted by Crippen LogP contribution is -2.73. The highest BCUT2D eigenvalue weighted by Crippen LogP contribution is 2.69. The van der Waals surface area contributed by atoms with Gasteiger partial charge in [0.15, 0.2) is 6.29 Å². The van der Waals surface area contributed by atoms with Crippen molar-refractivity contribution in [3.05, 3.63) is 42.0 Å². The number of carbonyl (C=O) groups is 2. The van der Waals surface area contributed by atoms with E-state index in [9.17, 15) is 19.8 Å². The number of aliphatic hydroxyl groups excluding tert-OH is 1. The topological polar surface area (TPSA) is 115 Å². The Morgan fingerprint density at radius 3 is 2.59 bits per heavy atom. The first-order valence-electron chi connectivity index (χ1n) is 13.3. The summed E-state index contributed by atoms with van der Waals surface area (Å²) in [6.45, 7) is 6.66. The van der Waals surface area contributed by atoms with Crippen LogP contribution in [0.15, 0.2) is 36.4 Å². The predicted octanol–water partition coefficient (Wildman–Crippen LogP) is 2.65. The summed E-state index contributed by atoms with van der Waals surface area (Å²) < 4.78 is 24.0. The van der Waals surface area contributed by atoms with E-state index < -0.39 is 64.4 Å². The van der Waals surface area contributed by atoms with Gasteiger partial charge in [0.25, 0.3) is 0 Å². The van der Waals surface area contributed by atoms with Gasteiger partial charge in [0.2, 0.25) is 0 Å². The van der Waals surface area contributed by atoms with Crippen molar-refractivity contribution in [3.63, 3.8) is 0 Å². The Balaban J connectivity index is 1.36. The maximum absolute atomic E-state index is 13.8. The van der Waals surface area contributed by atoms with Crippen molar-refractivity contribution in [1.29, 1.82) is 0 Å². The van der Waals surface area contributed by atoms with E-state index in [0.717, 1.165) is 5.56 Å². The van der Waals surface area contributed by atoms with E-state index >= 15 is 0 Å². The molecule has 0 amide bonds. The van der Waals surface area contributed by atoms with Crippen LogP contribution in [0.25, 0.3) is 6.08 Å². The fraction of sp³-hybridized carbons (Fsp3) is 0.655. The first-order valence-corrected chi connectivity index (χ1v) is 13.3. The van der Waals surface area contributed by atoms with Gasteiger partial charge in [-0.1, -0.05) is 51.1 Å². The van der Waals surface area contributed by atoms with Crippen LogP contribution in [-0.2, 0) is 28.5 Å². The van der Waals surface area contributed by atoms with Gasteiger partial charge < -0.3 is 29.2 Å². The summed E-state index contributed by atoms with van der Waals surface area (Å²) >= 11 is 0. The van der Waals surface area contributed by atoms with Gasteiger partial charge in [0, 0.05) is 42.1 Å². The Bertz CT molecular complexity index is 1110. The molecule has 1 aromatic carbocycles. The molecule has 0 aromatic heterocycles. The number of esters is 1. The van der Waals surface area contributed by atoms with Gasteiger partial charge in [-0.25, -0.2) is 4.79 Å². The Morgan fingerprint density at radius 1 is 1.19 bits per heavy atom. The second-order valence-corrected chi connectivity index (χ2v) is 12.1. The average molecular weight is 513 g/mol. The van der Waals surface area contributed by atoms with Gasteiger partial charge in [0.1, 0.15) is 23.1 Å². The molecule has 6 rings (SSSR count). The summed E-state index contributed by atoms with van der Waals surface area (Å²) in [7, 11) is 0. The first-order chi connectivity index (χ1) is 17.5. The van der Waals surface area contributed by atoms with Crippen LogP contribution in [0.4, 0.5) is 0 Å². The molecule has 2 N–H and O–H groups in total. The molecule has 3 aliphatic heterocycles. The molecule has 3 heterocycles. The molecule has 0 unspecified atom stereocenters. The largest absolute Gasteiger partial charge is 0.456 e. The van der Waals surface area contributed by atoms with E-state index in [2.05, 4.69) is 0 Å². The van der Waals surface area contributed by atoms with Gasteiger partial charge in [-0.05, 0) is 24.0 Å². The van der Waals surface area contributed by atoms with Gasteiger partial charge in [-0.15, -0.1) is 0 Å². The maximum atomic E-state index is 13.8. The number of ether oxygens (including phenoxy) is 4. The van der Waals surface area contributed by atoms with Crippen molar-refractivity contribution in [2.75, 3.05) is 13.2 Å². The molecule has 10 atom stereocenters. The van der Waals surface area contributed by atoms with Crippen LogP contribution in [0.5, 0.6) is 0 Å². The quantitative estimate of drug-likeness (QED) is 0.360. The van der Waals surface area contributed by atoms with Gasteiger partial charge in [-0.3, -0.25) is 4.79 Å². The van der Waals surface area contributed by atoms with E-state index in [1.54, 1.807) is 6.08 Å². The van der Waals surface area contributed by atoms with E-state index in [4.69, 9.17) is 18.9 Å². The number of carbonyl (C=O) groups excluding carboxylic acids is 2. The number of hydrogen-bond acceptors (Lipinski definition) is 8. The zero-order valence-corrected chi connectivity index (χ0v) is 21.6. The van der Waals surface area contributed by atoms with E-state index in [-0.39, 0.29) is 5.78 Å². The number of aliphatic hydroxyl groups is 2. The number of benzene rings is 1. The molecule has 0 radical (unpaired) electrons. The van der Waals surface area contributed by atoms with Crippen LogP contribution in [-0.4, -0.2) is 71.0 Å². The molecule has 2 aliphatic carbocycles. The standard InChI is InChI=1S/C29H36O8/c1-17-22(32)24(37-21(31)10-9-18-7-5-4-6-8-18)27(3)23(19(30)11-12-29(27)16-35-29)26(17,2)20-15-28(33)13-14-34-25(28)36-20/h4-10,17,20,22-25,32-33H,11-16H2,1-3H3/t17-,20+,22-,23-,24+,25+,26-,27+,28+,29+/m1/s1. The number of epoxide rings is 1. The predicted molar refractivity (Wildman–Crippen MR) is 132 cm³/mol. The Hall–Kier alpha value is -2.10. The molecule has 5 aliphatic rings. The summed E-state index contributed by atoms with van der Waals surface area (Å²) in [6, 6.07) is 9.42. The molecule has 5 fully saturated rings. The Labute approximate surface area is 216 Å². The maximum Gasteiger partial charge on any atom is 0.331 e. The lowest BCUT2D eigenvalue weighted by atomic mass is 9.41. The highest BCUT2D eigenvalue weighted by atomic mass is 16.7. The van der Waals surface area contributed by atoms with Crippen molar-refractivity contribution in [2.24, 2.45) is 22.7 Å². The minimum Gasteiger partial charge on any atom is -0.456 e. The van der Waals surface area contributed by atoms with Crippen LogP contribution in [0.2, 0.25) is 0 Å². The molecule has 37 heavy (non-hydrogen) atoms. The fourth-order valence-corrected chi connectivity index (χ4v) is 7.97. The van der Waals surface area contributed by atoms with Gasteiger partial charge in [-0.2, -0.15) is 0 Å². The lowest BCUT2D eigenvalue weighted by Gasteiger charge is -2.63. The molecule has 8 nitrogen and oxygen atoms in total. The molecular weight excluding hydrogens is 476 g/mol. The van der Waals surface area contributed by atoms with Crippen molar-refractivity contribution in [2.45, 2.75) is 82.3 Å². The third-order valence-corrected chi connectivity index (χ3v) is 10.4. The summed E-state index contributed by atoms with van der Waals surface area (Å²) in [5.74, 6) is -1.59. The highest BCUT2D eigenvalue weighted by Gasteiger charge is 2.78. The lowest BCUT2D eigenvalue weighted by molar-refractivity contribution is -0.263. The number of fused-ring (bicyclic) bond motifs is 3. The van der Waals surface area contributed by atoms with E-state index in [1.165, 1.54) is 6.08 Å². The van der Waals surface area contributed by atoms with Crippen LogP contribution in [0.1, 0.15) is 52.0 Å². The molecule has 2 saturated carbocycles. The summed E-state index contributed by atoms with van der Waals surface area (Å²) in [5, 5.41) is 22.9. The average Bonchev–Trinajstić information content (AvgIpc) is 3.48. The molecule has 200 valence electrons. The third kappa shape index (κ3) is 3.53. The fourth-order valence-electron chi connectivity index (χ4n) is 7.97. The molecule has 1 aromatic rings. The minimum absolute atomic E-state index is 0.0549. The van der Waals surface area contributed by atoms with Crippen molar-refractivity contribution >= 4 is 17.8 Å². The first kappa shape index (κ1) is 25.2. The van der Waals surface area contributed by atoms with Crippen molar-refractivity contribution in [1.82, 2.24) is 0 Å². The second-order valence-electron chi connectivity index (χ2n) is 12.1. The van der Waals surface area contributed by atoms with E-state index in [1.807, 2.05) is 51.1 Å². The van der Waals surface area contributed by atoms with E-state index in [0.29, 0.717) is 38.9 Å². The molecule has 0 bridgehead atoms. The van der Waals surface area contributed by atoms with Gasteiger partial charge >= 0.3 is 5.97 Å². The molecule has 1 spiro atoms. The number of rotatable bonds is 4. The summed E-state index contributed by atoms with van der Waals surface area (Å²) in [4.78, 5) is 26.8. The van der Waals surface area contributed by atoms with Crippen LogP contribution < -0.4 is 0 Å². The Kier molecular flexibility index (Phi) is 5.75. The molecular formula is C29H36O8. The van der Waals surface area contributed by atoms with Crippen molar-refractivity contribution in [3.8, 4) is 0 Å². The second kappa shape index (κ2) is 8.45. The number of Topliss-reactive ketones (excluding diaryl/α,β-unsaturated/α-hetero) is 1. The molecule has 3 saturated heterocycles. The number of ketones is 1. The summed E-state index contributed by atoms with van der Waals surface area (Å²) in [6.07, 6.45) is 1.44. The highest BCUT2D eigenvalue weighted by molar-refractivity contribution is 5.88.